The number of ether oxygens (including phenoxy) is 1. The van der Waals surface area contributed by atoms with Crippen molar-refractivity contribution in [3.63, 3.8) is 0 Å². The molecule has 1 aliphatic heterocycles. The maximum Gasteiger partial charge on any atom is 0.259 e. The van der Waals surface area contributed by atoms with Crippen molar-refractivity contribution in [3.05, 3.63) is 53.6 Å². The predicted molar refractivity (Wildman–Crippen MR) is 100 cm³/mol. The lowest BCUT2D eigenvalue weighted by atomic mass is 9.97. The first-order chi connectivity index (χ1) is 12.2. The highest BCUT2D eigenvalue weighted by Gasteiger charge is 2.31. The lowest BCUT2D eigenvalue weighted by Crippen LogP contribution is -2.22. The van der Waals surface area contributed by atoms with E-state index < -0.39 is 10.0 Å². The Labute approximate surface area is 153 Å². The molecule has 2 atom stereocenters. The quantitative estimate of drug-likeness (QED) is 0.892. The van der Waals surface area contributed by atoms with E-state index in [2.05, 4.69) is 12.2 Å². The molecule has 2 aromatic rings. The van der Waals surface area contributed by atoms with E-state index in [1.807, 2.05) is 19.1 Å². The van der Waals surface area contributed by atoms with Gasteiger partial charge in [-0.15, -0.1) is 0 Å². The molecule has 0 saturated heterocycles. The van der Waals surface area contributed by atoms with E-state index in [1.54, 1.807) is 18.2 Å². The fourth-order valence-corrected chi connectivity index (χ4v) is 3.79. The summed E-state index contributed by atoms with van der Waals surface area (Å²) in [4.78, 5) is 12.8. The fraction of sp³-hybridized carbons (Fsp3) is 0.316. The average molecular weight is 374 g/mol. The first-order valence-corrected chi connectivity index (χ1v) is 9.79. The molecule has 0 spiro atoms. The molecule has 7 heteroatoms. The number of para-hydroxylation sites is 1. The molecule has 1 aliphatic rings. The van der Waals surface area contributed by atoms with Crippen LogP contribution in [0.4, 0.5) is 5.69 Å². The van der Waals surface area contributed by atoms with Gasteiger partial charge in [0.25, 0.3) is 5.91 Å². The zero-order valence-corrected chi connectivity index (χ0v) is 16.0. The standard InChI is InChI=1S/C19H22N2O4S/c1-12-13(2)25-18-16(12)6-5-7-17(18)19(22)20-14-8-10-15(11-9-14)26(23,24)21(3)4/h5-13H,1-4H3,(H,20,22). The van der Waals surface area contributed by atoms with Crippen LogP contribution in [0.2, 0.25) is 0 Å². The number of nitrogens with zero attached hydrogens (tertiary/aromatic N) is 1. The van der Waals surface area contributed by atoms with Crippen molar-refractivity contribution < 1.29 is 17.9 Å². The molecule has 26 heavy (non-hydrogen) atoms. The van der Waals surface area contributed by atoms with E-state index in [0.29, 0.717) is 17.0 Å². The summed E-state index contributed by atoms with van der Waals surface area (Å²) >= 11 is 0. The third-order valence-corrected chi connectivity index (χ3v) is 6.51. The van der Waals surface area contributed by atoms with Crippen LogP contribution in [0.15, 0.2) is 47.4 Å². The van der Waals surface area contributed by atoms with Gasteiger partial charge < -0.3 is 10.1 Å². The van der Waals surface area contributed by atoms with Gasteiger partial charge in [0.1, 0.15) is 11.9 Å². The first kappa shape index (κ1) is 18.4. The van der Waals surface area contributed by atoms with Crippen molar-refractivity contribution in [2.75, 3.05) is 19.4 Å². The summed E-state index contributed by atoms with van der Waals surface area (Å²) in [5.74, 6) is 0.566. The SMILES string of the molecule is CC1Oc2c(C(=O)Nc3ccc(S(=O)(=O)N(C)C)cc3)cccc2C1C. The van der Waals surface area contributed by atoms with Crippen LogP contribution in [-0.2, 0) is 10.0 Å². The Morgan fingerprint density at radius 2 is 1.73 bits per heavy atom. The number of sulfonamides is 1. The van der Waals surface area contributed by atoms with E-state index in [-0.39, 0.29) is 22.8 Å². The van der Waals surface area contributed by atoms with Gasteiger partial charge in [0.2, 0.25) is 10.0 Å². The molecule has 0 aromatic heterocycles. The van der Waals surface area contributed by atoms with Gasteiger partial charge in [-0.1, -0.05) is 19.1 Å². The maximum absolute atomic E-state index is 12.7. The Balaban J connectivity index is 1.82. The number of hydrogen-bond acceptors (Lipinski definition) is 4. The van der Waals surface area contributed by atoms with Crippen LogP contribution < -0.4 is 10.1 Å². The van der Waals surface area contributed by atoms with Gasteiger partial charge in [0, 0.05) is 31.3 Å². The second kappa shape index (κ2) is 6.74. The average Bonchev–Trinajstić information content (AvgIpc) is 2.89. The van der Waals surface area contributed by atoms with Crippen LogP contribution in [0, 0.1) is 0 Å². The summed E-state index contributed by atoms with van der Waals surface area (Å²) in [7, 11) is -0.544. The summed E-state index contributed by atoms with van der Waals surface area (Å²) in [5.41, 5.74) is 2.02. The van der Waals surface area contributed by atoms with Crippen molar-refractivity contribution in [2.24, 2.45) is 0 Å². The van der Waals surface area contributed by atoms with E-state index >= 15 is 0 Å². The van der Waals surface area contributed by atoms with E-state index in [1.165, 1.54) is 26.2 Å². The van der Waals surface area contributed by atoms with Gasteiger partial charge in [-0.05, 0) is 37.3 Å². The highest BCUT2D eigenvalue weighted by Crippen LogP contribution is 2.40. The molecule has 0 fully saturated rings. The van der Waals surface area contributed by atoms with E-state index in [4.69, 9.17) is 4.74 Å². The predicted octanol–water partition coefficient (Wildman–Crippen LogP) is 3.07. The van der Waals surface area contributed by atoms with Crippen molar-refractivity contribution in [1.29, 1.82) is 0 Å². The zero-order valence-electron chi connectivity index (χ0n) is 15.2. The van der Waals surface area contributed by atoms with Crippen LogP contribution in [0.3, 0.4) is 0 Å². The number of carbonyl (C=O) groups is 1. The highest BCUT2D eigenvalue weighted by molar-refractivity contribution is 7.89. The number of fused-ring (bicyclic) bond motifs is 1. The lowest BCUT2D eigenvalue weighted by molar-refractivity contribution is 0.102. The number of nitrogens with one attached hydrogen (secondary N) is 1. The second-order valence-corrected chi connectivity index (χ2v) is 8.75. The minimum absolute atomic E-state index is 0.0227. The second-order valence-electron chi connectivity index (χ2n) is 6.60. The molecule has 0 bridgehead atoms. The topological polar surface area (TPSA) is 75.7 Å². The number of hydrogen-bond donors (Lipinski definition) is 1. The summed E-state index contributed by atoms with van der Waals surface area (Å²) in [6.07, 6.45) is 0.0227. The Hall–Kier alpha value is -2.38. The van der Waals surface area contributed by atoms with E-state index in [9.17, 15) is 13.2 Å². The van der Waals surface area contributed by atoms with Gasteiger partial charge in [0.15, 0.2) is 0 Å². The first-order valence-electron chi connectivity index (χ1n) is 8.35. The van der Waals surface area contributed by atoms with Crippen LogP contribution >= 0.6 is 0 Å². The summed E-state index contributed by atoms with van der Waals surface area (Å²) < 4.78 is 31.2. The molecule has 0 aliphatic carbocycles. The molecule has 1 heterocycles. The molecule has 1 amide bonds. The molecule has 2 unspecified atom stereocenters. The van der Waals surface area contributed by atoms with Crippen LogP contribution in [0.5, 0.6) is 5.75 Å². The van der Waals surface area contributed by atoms with Crippen LogP contribution in [0.1, 0.15) is 35.7 Å². The Morgan fingerprint density at radius 3 is 2.35 bits per heavy atom. The Bertz CT molecular complexity index is 937. The number of carbonyl (C=O) groups excluding carboxylic acids is 1. The molecule has 1 N–H and O–H groups in total. The maximum atomic E-state index is 12.7. The summed E-state index contributed by atoms with van der Waals surface area (Å²) in [6.45, 7) is 4.05. The number of amides is 1. The minimum atomic E-state index is -3.49. The molecule has 0 radical (unpaired) electrons. The third kappa shape index (κ3) is 3.20. The fourth-order valence-electron chi connectivity index (χ4n) is 2.88. The minimum Gasteiger partial charge on any atom is -0.489 e. The summed E-state index contributed by atoms with van der Waals surface area (Å²) in [5, 5.41) is 2.80. The number of benzene rings is 2. The molecular formula is C19H22N2O4S. The molecule has 2 aromatic carbocycles. The normalized spacial score (nSPS) is 19.1. The van der Waals surface area contributed by atoms with Gasteiger partial charge in [-0.3, -0.25) is 4.79 Å². The van der Waals surface area contributed by atoms with Crippen molar-refractivity contribution in [2.45, 2.75) is 30.8 Å². The largest absolute Gasteiger partial charge is 0.489 e. The van der Waals surface area contributed by atoms with Crippen LogP contribution in [-0.4, -0.2) is 38.8 Å². The van der Waals surface area contributed by atoms with Gasteiger partial charge >= 0.3 is 0 Å². The third-order valence-electron chi connectivity index (χ3n) is 4.68. The molecule has 6 nitrogen and oxygen atoms in total. The molecule has 138 valence electrons. The summed E-state index contributed by atoms with van der Waals surface area (Å²) in [6, 6.07) is 11.6. The number of rotatable bonds is 4. The zero-order chi connectivity index (χ0) is 19.1. The smallest absolute Gasteiger partial charge is 0.259 e. The molecule has 0 saturated carbocycles. The van der Waals surface area contributed by atoms with Gasteiger partial charge in [0.05, 0.1) is 10.5 Å². The van der Waals surface area contributed by atoms with Crippen molar-refractivity contribution in [1.82, 2.24) is 4.31 Å². The Morgan fingerprint density at radius 1 is 1.08 bits per heavy atom. The van der Waals surface area contributed by atoms with Gasteiger partial charge in [-0.2, -0.15) is 0 Å². The monoisotopic (exact) mass is 374 g/mol. The van der Waals surface area contributed by atoms with Gasteiger partial charge in [-0.25, -0.2) is 12.7 Å². The lowest BCUT2D eigenvalue weighted by Gasteiger charge is -2.12. The molecular weight excluding hydrogens is 352 g/mol. The Kier molecular flexibility index (Phi) is 4.77. The van der Waals surface area contributed by atoms with Crippen LogP contribution in [0.25, 0.3) is 0 Å². The van der Waals surface area contributed by atoms with Crippen molar-refractivity contribution >= 4 is 21.6 Å². The molecule has 3 rings (SSSR count). The van der Waals surface area contributed by atoms with E-state index in [0.717, 1.165) is 9.87 Å². The number of anilines is 1. The van der Waals surface area contributed by atoms with Crippen molar-refractivity contribution in [3.8, 4) is 5.75 Å². The highest BCUT2D eigenvalue weighted by atomic mass is 32.2.